The molecule has 0 unspecified atom stereocenters. The van der Waals surface area contributed by atoms with Crippen LogP contribution in [0.15, 0.2) is 36.4 Å². The maximum Gasteiger partial charge on any atom is 0.253 e. The number of rotatable bonds is 4. The van der Waals surface area contributed by atoms with Gasteiger partial charge in [0.1, 0.15) is 13.2 Å². The minimum atomic E-state index is -0.258. The van der Waals surface area contributed by atoms with Crippen LogP contribution in [0.25, 0.3) is 0 Å². The maximum atomic E-state index is 12.6. The Kier molecular flexibility index (Phi) is 6.11. The highest BCUT2D eigenvalue weighted by Gasteiger charge is 2.21. The number of amides is 2. The van der Waals surface area contributed by atoms with E-state index in [1.165, 1.54) is 0 Å². The van der Waals surface area contributed by atoms with Gasteiger partial charge in [-0.2, -0.15) is 0 Å². The van der Waals surface area contributed by atoms with E-state index in [0.717, 1.165) is 31.7 Å². The largest absolute Gasteiger partial charge is 0.486 e. The summed E-state index contributed by atoms with van der Waals surface area (Å²) in [6.07, 6.45) is 0. The van der Waals surface area contributed by atoms with Crippen molar-refractivity contribution in [2.24, 2.45) is 0 Å². The van der Waals surface area contributed by atoms with E-state index in [2.05, 4.69) is 17.3 Å². The molecule has 0 aromatic heterocycles. The van der Waals surface area contributed by atoms with E-state index in [1.807, 2.05) is 29.2 Å². The fourth-order valence-corrected chi connectivity index (χ4v) is 3.75. The lowest BCUT2D eigenvalue weighted by atomic mass is 10.1. The Hall–Kier alpha value is -2.77. The van der Waals surface area contributed by atoms with Crippen molar-refractivity contribution < 1.29 is 19.1 Å². The smallest absolute Gasteiger partial charge is 0.253 e. The number of carbonyl (C=O) groups excluding carboxylic acids is 2. The molecular formula is C22H24ClN3O4. The summed E-state index contributed by atoms with van der Waals surface area (Å²) in [5.74, 6) is 0.738. The Morgan fingerprint density at radius 1 is 1.00 bits per heavy atom. The number of benzene rings is 2. The summed E-state index contributed by atoms with van der Waals surface area (Å²) in [6, 6.07) is 10.5. The Bertz CT molecular complexity index is 940. The molecule has 0 bridgehead atoms. The van der Waals surface area contributed by atoms with E-state index in [0.29, 0.717) is 47.4 Å². The van der Waals surface area contributed by atoms with Gasteiger partial charge in [0.25, 0.3) is 11.8 Å². The number of hydrogen-bond acceptors (Lipinski definition) is 5. The molecule has 0 atom stereocenters. The number of hydrogen-bond donors (Lipinski definition) is 1. The van der Waals surface area contributed by atoms with E-state index < -0.39 is 0 Å². The number of nitrogens with zero attached hydrogens (tertiary/aromatic N) is 2. The molecule has 1 N–H and O–H groups in total. The summed E-state index contributed by atoms with van der Waals surface area (Å²) >= 11 is 6.20. The molecule has 0 saturated carbocycles. The van der Waals surface area contributed by atoms with Crippen LogP contribution in [-0.4, -0.2) is 68.1 Å². The van der Waals surface area contributed by atoms with Crippen LogP contribution in [0.2, 0.25) is 5.02 Å². The molecule has 4 rings (SSSR count). The van der Waals surface area contributed by atoms with Gasteiger partial charge >= 0.3 is 0 Å². The fraction of sp³-hybridized carbons (Fsp3) is 0.364. The quantitative estimate of drug-likeness (QED) is 0.808. The van der Waals surface area contributed by atoms with Gasteiger partial charge < -0.3 is 24.6 Å². The van der Waals surface area contributed by atoms with Crippen molar-refractivity contribution in [1.29, 1.82) is 0 Å². The number of carbonyl (C=O) groups is 2. The molecule has 8 heteroatoms. The third-order valence-electron chi connectivity index (χ3n) is 5.30. The highest BCUT2D eigenvalue weighted by atomic mass is 35.5. The van der Waals surface area contributed by atoms with Crippen LogP contribution in [0.4, 0.5) is 0 Å². The summed E-state index contributed by atoms with van der Waals surface area (Å²) in [4.78, 5) is 29.2. The summed E-state index contributed by atoms with van der Waals surface area (Å²) < 4.78 is 11.0. The first-order valence-corrected chi connectivity index (χ1v) is 10.3. The minimum absolute atomic E-state index is 0.0459. The molecule has 0 radical (unpaired) electrons. The summed E-state index contributed by atoms with van der Waals surface area (Å²) in [7, 11) is 2.06. The predicted molar refractivity (Wildman–Crippen MR) is 113 cm³/mol. The fourth-order valence-electron chi connectivity index (χ4n) is 3.48. The van der Waals surface area contributed by atoms with Crippen LogP contribution < -0.4 is 14.8 Å². The average Bonchev–Trinajstić information content (AvgIpc) is 2.78. The Labute approximate surface area is 180 Å². The van der Waals surface area contributed by atoms with Crippen LogP contribution in [0, 0.1) is 0 Å². The normalized spacial score (nSPS) is 16.3. The van der Waals surface area contributed by atoms with Crippen molar-refractivity contribution in [1.82, 2.24) is 15.1 Å². The Balaban J connectivity index is 1.35. The van der Waals surface area contributed by atoms with Crippen LogP contribution in [0.5, 0.6) is 11.5 Å². The van der Waals surface area contributed by atoms with Gasteiger partial charge in [0.2, 0.25) is 0 Å². The van der Waals surface area contributed by atoms with Gasteiger partial charge in [0.15, 0.2) is 11.5 Å². The Morgan fingerprint density at radius 3 is 2.43 bits per heavy atom. The summed E-state index contributed by atoms with van der Waals surface area (Å²) in [5.41, 5.74) is 1.97. The molecule has 7 nitrogen and oxygen atoms in total. The number of piperazine rings is 1. The summed E-state index contributed by atoms with van der Waals surface area (Å²) in [5, 5.41) is 3.22. The molecule has 2 amide bonds. The molecule has 2 aliphatic heterocycles. The van der Waals surface area contributed by atoms with Gasteiger partial charge in [-0.1, -0.05) is 23.7 Å². The molecule has 0 spiro atoms. The molecule has 1 saturated heterocycles. The van der Waals surface area contributed by atoms with E-state index in [9.17, 15) is 9.59 Å². The average molecular weight is 430 g/mol. The topological polar surface area (TPSA) is 71.1 Å². The molecule has 0 aliphatic carbocycles. The van der Waals surface area contributed by atoms with Gasteiger partial charge in [0, 0.05) is 43.9 Å². The second-order valence-electron chi connectivity index (χ2n) is 7.46. The SMILES string of the molecule is CN1CCN(C(=O)c2ccc(CNC(=O)c3cc(Cl)c4c(c3)OCCO4)cc2)CC1. The second kappa shape index (κ2) is 8.93. The van der Waals surface area contributed by atoms with Crippen molar-refractivity contribution >= 4 is 23.4 Å². The predicted octanol–water partition coefficient (Wildman–Crippen LogP) is 2.43. The third kappa shape index (κ3) is 4.52. The lowest BCUT2D eigenvalue weighted by molar-refractivity contribution is 0.0664. The zero-order valence-electron chi connectivity index (χ0n) is 16.8. The zero-order chi connectivity index (χ0) is 21.1. The number of halogens is 1. The van der Waals surface area contributed by atoms with Crippen molar-refractivity contribution in [2.45, 2.75) is 6.54 Å². The minimum Gasteiger partial charge on any atom is -0.486 e. The van der Waals surface area contributed by atoms with Gasteiger partial charge in [-0.25, -0.2) is 0 Å². The molecule has 2 aliphatic rings. The number of likely N-dealkylation sites (N-methyl/N-ethyl adjacent to an activating group) is 1. The third-order valence-corrected chi connectivity index (χ3v) is 5.58. The first-order chi connectivity index (χ1) is 14.5. The maximum absolute atomic E-state index is 12.6. The summed E-state index contributed by atoms with van der Waals surface area (Å²) in [6.45, 7) is 4.46. The highest BCUT2D eigenvalue weighted by molar-refractivity contribution is 6.32. The van der Waals surface area contributed by atoms with Gasteiger partial charge in [-0.15, -0.1) is 0 Å². The van der Waals surface area contributed by atoms with Gasteiger partial charge in [-0.05, 0) is 36.9 Å². The lowest BCUT2D eigenvalue weighted by Crippen LogP contribution is -2.47. The second-order valence-corrected chi connectivity index (χ2v) is 7.86. The number of ether oxygens (including phenoxy) is 2. The monoisotopic (exact) mass is 429 g/mol. The number of nitrogens with one attached hydrogen (secondary N) is 1. The van der Waals surface area contributed by atoms with Crippen molar-refractivity contribution in [3.63, 3.8) is 0 Å². The van der Waals surface area contributed by atoms with Crippen molar-refractivity contribution in [2.75, 3.05) is 46.4 Å². The molecule has 1 fully saturated rings. The molecular weight excluding hydrogens is 406 g/mol. The Morgan fingerprint density at radius 2 is 1.70 bits per heavy atom. The first-order valence-electron chi connectivity index (χ1n) is 9.95. The van der Waals surface area contributed by atoms with Crippen LogP contribution in [0.1, 0.15) is 26.3 Å². The lowest BCUT2D eigenvalue weighted by Gasteiger charge is -2.32. The molecule has 2 heterocycles. The molecule has 30 heavy (non-hydrogen) atoms. The van der Waals surface area contributed by atoms with Gasteiger partial charge in [0.05, 0.1) is 5.02 Å². The molecule has 158 valence electrons. The standard InChI is InChI=1S/C22H24ClN3O4/c1-25-6-8-26(9-7-25)22(28)16-4-2-15(3-5-16)14-24-21(27)17-12-18(23)20-19(13-17)29-10-11-30-20/h2-5,12-13H,6-11,14H2,1H3,(H,24,27). The van der Waals surface area contributed by atoms with E-state index >= 15 is 0 Å². The van der Waals surface area contributed by atoms with Crippen LogP contribution in [0.3, 0.4) is 0 Å². The molecule has 2 aromatic carbocycles. The van der Waals surface area contributed by atoms with Gasteiger partial charge in [-0.3, -0.25) is 9.59 Å². The highest BCUT2D eigenvalue weighted by Crippen LogP contribution is 2.38. The van der Waals surface area contributed by atoms with E-state index in [1.54, 1.807) is 12.1 Å². The van der Waals surface area contributed by atoms with Crippen LogP contribution >= 0.6 is 11.6 Å². The number of fused-ring (bicyclic) bond motifs is 1. The van der Waals surface area contributed by atoms with E-state index in [-0.39, 0.29) is 11.8 Å². The first kappa shape index (κ1) is 20.5. The van der Waals surface area contributed by atoms with E-state index in [4.69, 9.17) is 21.1 Å². The molecule has 2 aromatic rings. The van der Waals surface area contributed by atoms with Crippen molar-refractivity contribution in [3.8, 4) is 11.5 Å². The zero-order valence-corrected chi connectivity index (χ0v) is 17.6. The van der Waals surface area contributed by atoms with Crippen molar-refractivity contribution in [3.05, 3.63) is 58.1 Å². The van der Waals surface area contributed by atoms with Crippen LogP contribution in [-0.2, 0) is 6.54 Å².